The van der Waals surface area contributed by atoms with Gasteiger partial charge >= 0.3 is 12.0 Å². The van der Waals surface area contributed by atoms with Crippen molar-refractivity contribution in [2.24, 2.45) is 0 Å². The van der Waals surface area contributed by atoms with Crippen molar-refractivity contribution in [3.05, 3.63) is 12.4 Å². The number of nitrogens with zero attached hydrogens (tertiary/aromatic N) is 3. The molecule has 0 saturated carbocycles. The van der Waals surface area contributed by atoms with Crippen LogP contribution in [0.2, 0.25) is 0 Å². The molecular weight excluding hydrogens is 248 g/mol. The Bertz CT molecular complexity index is 442. The molecule has 0 atom stereocenters. The highest BCUT2D eigenvalue weighted by atomic mass is 16.4. The molecule has 19 heavy (non-hydrogen) atoms. The van der Waals surface area contributed by atoms with Crippen molar-refractivity contribution < 1.29 is 14.7 Å². The Hall–Kier alpha value is -2.05. The predicted molar refractivity (Wildman–Crippen MR) is 71.1 cm³/mol. The van der Waals surface area contributed by atoms with E-state index in [9.17, 15) is 9.59 Å². The largest absolute Gasteiger partial charge is 0.480 e. The molecule has 0 radical (unpaired) electrons. The summed E-state index contributed by atoms with van der Waals surface area (Å²) in [7, 11) is 0. The number of carboxylic acids is 1. The topological polar surface area (TPSA) is 87.5 Å². The van der Waals surface area contributed by atoms with Crippen molar-refractivity contribution in [2.75, 3.05) is 18.4 Å². The highest BCUT2D eigenvalue weighted by Crippen LogP contribution is 2.10. The van der Waals surface area contributed by atoms with E-state index in [-0.39, 0.29) is 12.6 Å². The Balaban J connectivity index is 2.66. The predicted octanol–water partition coefficient (Wildman–Crippen LogP) is 1.79. The third kappa shape index (κ3) is 4.61. The highest BCUT2D eigenvalue weighted by Gasteiger charge is 2.16. The van der Waals surface area contributed by atoms with Gasteiger partial charge in [0.15, 0.2) is 0 Å². The Labute approximate surface area is 112 Å². The summed E-state index contributed by atoms with van der Waals surface area (Å²) in [6.07, 6.45) is 3.96. The van der Waals surface area contributed by atoms with Gasteiger partial charge in [0.25, 0.3) is 0 Å². The maximum absolute atomic E-state index is 11.9. The SMILES string of the molecule is CCCN(CC(=O)O)C(=O)Nc1cnn(C(C)C)c1. The first-order valence-corrected chi connectivity index (χ1v) is 6.26. The van der Waals surface area contributed by atoms with Gasteiger partial charge in [-0.05, 0) is 20.3 Å². The van der Waals surface area contributed by atoms with Crippen LogP contribution in [0.1, 0.15) is 33.2 Å². The molecule has 0 aromatic carbocycles. The van der Waals surface area contributed by atoms with Crippen LogP contribution in [0.4, 0.5) is 10.5 Å². The van der Waals surface area contributed by atoms with Crippen LogP contribution >= 0.6 is 0 Å². The van der Waals surface area contributed by atoms with Crippen molar-refractivity contribution in [2.45, 2.75) is 33.2 Å². The number of nitrogens with one attached hydrogen (secondary N) is 1. The number of rotatable bonds is 6. The van der Waals surface area contributed by atoms with E-state index >= 15 is 0 Å². The maximum atomic E-state index is 11.9. The minimum Gasteiger partial charge on any atom is -0.480 e. The minimum absolute atomic E-state index is 0.205. The number of carbonyl (C=O) groups excluding carboxylic acids is 1. The van der Waals surface area contributed by atoms with Crippen LogP contribution < -0.4 is 5.32 Å². The summed E-state index contributed by atoms with van der Waals surface area (Å²) in [4.78, 5) is 23.9. The number of amides is 2. The van der Waals surface area contributed by atoms with Crippen LogP contribution in [-0.2, 0) is 4.79 Å². The number of hydrogen-bond donors (Lipinski definition) is 2. The fourth-order valence-electron chi connectivity index (χ4n) is 1.57. The molecule has 106 valence electrons. The average Bonchev–Trinajstić information content (AvgIpc) is 2.76. The molecule has 0 fully saturated rings. The quantitative estimate of drug-likeness (QED) is 0.823. The molecule has 7 heteroatoms. The van der Waals surface area contributed by atoms with Gasteiger partial charge in [0.05, 0.1) is 11.9 Å². The molecule has 0 saturated heterocycles. The number of aliphatic carboxylic acids is 1. The van der Waals surface area contributed by atoms with Crippen molar-refractivity contribution >= 4 is 17.7 Å². The summed E-state index contributed by atoms with van der Waals surface area (Å²) in [6.45, 7) is 5.94. The van der Waals surface area contributed by atoms with Gasteiger partial charge in [-0.25, -0.2) is 4.79 Å². The average molecular weight is 268 g/mol. The molecule has 1 heterocycles. The minimum atomic E-state index is -1.03. The van der Waals surface area contributed by atoms with Crippen LogP contribution in [-0.4, -0.2) is 44.9 Å². The number of hydrogen-bond acceptors (Lipinski definition) is 3. The van der Waals surface area contributed by atoms with Gasteiger partial charge in [0, 0.05) is 18.8 Å². The first kappa shape index (κ1) is 15.0. The van der Waals surface area contributed by atoms with Crippen molar-refractivity contribution in [3.63, 3.8) is 0 Å². The Morgan fingerprint density at radius 2 is 2.21 bits per heavy atom. The molecule has 2 N–H and O–H groups in total. The lowest BCUT2D eigenvalue weighted by atomic mass is 10.4. The van der Waals surface area contributed by atoms with Crippen LogP contribution in [0.25, 0.3) is 0 Å². The smallest absolute Gasteiger partial charge is 0.323 e. The first-order chi connectivity index (χ1) is 8.93. The van der Waals surface area contributed by atoms with E-state index in [0.717, 1.165) is 0 Å². The monoisotopic (exact) mass is 268 g/mol. The third-order valence-electron chi connectivity index (χ3n) is 2.49. The van der Waals surface area contributed by atoms with Gasteiger partial charge in [-0.2, -0.15) is 5.10 Å². The lowest BCUT2D eigenvalue weighted by Crippen LogP contribution is -2.39. The molecule has 0 aliphatic rings. The Morgan fingerprint density at radius 3 is 2.68 bits per heavy atom. The number of carbonyl (C=O) groups is 2. The van der Waals surface area contributed by atoms with Gasteiger partial charge in [-0.15, -0.1) is 0 Å². The lowest BCUT2D eigenvalue weighted by Gasteiger charge is -2.19. The zero-order valence-corrected chi connectivity index (χ0v) is 11.5. The van der Waals surface area contributed by atoms with Crippen LogP contribution in [0.15, 0.2) is 12.4 Å². The second kappa shape index (κ2) is 6.77. The van der Waals surface area contributed by atoms with Gasteiger partial charge in [0.1, 0.15) is 6.54 Å². The van der Waals surface area contributed by atoms with Gasteiger partial charge in [-0.3, -0.25) is 9.48 Å². The summed E-state index contributed by atoms with van der Waals surface area (Å²) in [5, 5.41) is 15.5. The maximum Gasteiger partial charge on any atom is 0.323 e. The van der Waals surface area contributed by atoms with Crippen molar-refractivity contribution in [1.82, 2.24) is 14.7 Å². The number of anilines is 1. The summed E-state index contributed by atoms with van der Waals surface area (Å²) in [6, 6.07) is -0.219. The first-order valence-electron chi connectivity index (χ1n) is 6.26. The van der Waals surface area contributed by atoms with Crippen molar-refractivity contribution in [3.8, 4) is 0 Å². The van der Waals surface area contributed by atoms with Gasteiger partial charge in [-0.1, -0.05) is 6.92 Å². The molecule has 0 aliphatic heterocycles. The number of carboxylic acid groups (broad SMARTS) is 1. The Morgan fingerprint density at radius 1 is 1.53 bits per heavy atom. The Kier molecular flexibility index (Phi) is 5.35. The molecule has 2 amide bonds. The molecule has 1 aromatic heterocycles. The van der Waals surface area contributed by atoms with Crippen molar-refractivity contribution in [1.29, 1.82) is 0 Å². The van der Waals surface area contributed by atoms with E-state index in [1.54, 1.807) is 17.1 Å². The normalized spacial score (nSPS) is 10.5. The summed E-state index contributed by atoms with van der Waals surface area (Å²) < 4.78 is 1.72. The molecule has 1 rings (SSSR count). The lowest BCUT2D eigenvalue weighted by molar-refractivity contribution is -0.137. The van der Waals surface area contributed by atoms with E-state index in [4.69, 9.17) is 5.11 Å². The second-order valence-corrected chi connectivity index (χ2v) is 4.55. The standard InChI is InChI=1S/C12H20N4O3/c1-4-5-15(8-11(17)18)12(19)14-10-6-13-16(7-10)9(2)3/h6-7,9H,4-5,8H2,1-3H3,(H,14,19)(H,17,18). The zero-order chi connectivity index (χ0) is 14.4. The van der Waals surface area contributed by atoms with Crippen LogP contribution in [0.3, 0.4) is 0 Å². The summed E-state index contributed by atoms with van der Waals surface area (Å²) in [5.41, 5.74) is 0.560. The number of aromatic nitrogens is 2. The molecular formula is C12H20N4O3. The van der Waals surface area contributed by atoms with Crippen LogP contribution in [0.5, 0.6) is 0 Å². The molecule has 7 nitrogen and oxygen atoms in total. The second-order valence-electron chi connectivity index (χ2n) is 4.55. The van der Waals surface area contributed by atoms with E-state index < -0.39 is 12.0 Å². The van der Waals surface area contributed by atoms with E-state index in [0.29, 0.717) is 18.7 Å². The summed E-state index contributed by atoms with van der Waals surface area (Å²) >= 11 is 0. The van der Waals surface area contributed by atoms with E-state index in [1.165, 1.54) is 4.90 Å². The molecule has 0 bridgehead atoms. The molecule has 0 spiro atoms. The highest BCUT2D eigenvalue weighted by molar-refractivity contribution is 5.91. The fraction of sp³-hybridized carbons (Fsp3) is 0.583. The third-order valence-corrected chi connectivity index (χ3v) is 2.49. The zero-order valence-electron chi connectivity index (χ0n) is 11.5. The molecule has 1 aromatic rings. The molecule has 0 aliphatic carbocycles. The van der Waals surface area contributed by atoms with E-state index in [1.807, 2.05) is 20.8 Å². The van der Waals surface area contributed by atoms with Crippen LogP contribution in [0, 0.1) is 0 Å². The van der Waals surface area contributed by atoms with E-state index in [2.05, 4.69) is 10.4 Å². The van der Waals surface area contributed by atoms with Gasteiger partial charge in [0.2, 0.25) is 0 Å². The summed E-state index contributed by atoms with van der Waals surface area (Å²) in [5.74, 6) is -1.03. The fourth-order valence-corrected chi connectivity index (χ4v) is 1.57. The van der Waals surface area contributed by atoms with Gasteiger partial charge < -0.3 is 15.3 Å². The molecule has 0 unspecified atom stereocenters. The number of urea groups is 1.